The molecule has 0 aliphatic heterocycles. The molecule has 5 nitrogen and oxygen atoms in total. The molecule has 1 aromatic carbocycles. The highest BCUT2D eigenvalue weighted by Crippen LogP contribution is 2.30. The maximum absolute atomic E-state index is 12.2. The number of carbonyl (C=O) groups excluding carboxylic acids is 1. The standard InChI is InChI=1S/C15H19ClN2O3/c1-10-5-2-3-6-11(10)9-17-15(19)12-7-4-8-13(14(12)16)18(20)21/h4,7-8,10-11H,2-3,5-6,9H2,1H3,(H,17,19). The van der Waals surface area contributed by atoms with Crippen LogP contribution in [0.5, 0.6) is 0 Å². The summed E-state index contributed by atoms with van der Waals surface area (Å²) in [6.45, 7) is 2.80. The summed E-state index contributed by atoms with van der Waals surface area (Å²) < 4.78 is 0. The third kappa shape index (κ3) is 3.73. The van der Waals surface area contributed by atoms with E-state index < -0.39 is 4.92 Å². The first-order chi connectivity index (χ1) is 10.0. The average molecular weight is 311 g/mol. The second-order valence-corrected chi connectivity index (χ2v) is 6.01. The molecule has 0 saturated heterocycles. The van der Waals surface area contributed by atoms with Crippen molar-refractivity contribution >= 4 is 23.2 Å². The van der Waals surface area contributed by atoms with Crippen molar-refractivity contribution in [3.05, 3.63) is 38.9 Å². The zero-order chi connectivity index (χ0) is 15.4. The molecule has 1 aliphatic carbocycles. The number of amides is 1. The van der Waals surface area contributed by atoms with Crippen LogP contribution in [0.2, 0.25) is 5.02 Å². The van der Waals surface area contributed by atoms with Crippen LogP contribution >= 0.6 is 11.6 Å². The van der Waals surface area contributed by atoms with E-state index in [-0.39, 0.29) is 22.2 Å². The van der Waals surface area contributed by atoms with Crippen molar-refractivity contribution in [2.45, 2.75) is 32.6 Å². The number of nitrogens with zero attached hydrogens (tertiary/aromatic N) is 1. The van der Waals surface area contributed by atoms with Crippen LogP contribution in [0.25, 0.3) is 0 Å². The van der Waals surface area contributed by atoms with E-state index in [1.54, 1.807) is 0 Å². The molecule has 2 unspecified atom stereocenters. The van der Waals surface area contributed by atoms with Crippen LogP contribution in [0.3, 0.4) is 0 Å². The Bertz CT molecular complexity index is 548. The highest BCUT2D eigenvalue weighted by atomic mass is 35.5. The number of hydrogen-bond donors (Lipinski definition) is 1. The van der Waals surface area contributed by atoms with Gasteiger partial charge in [-0.25, -0.2) is 0 Å². The van der Waals surface area contributed by atoms with Gasteiger partial charge in [0.1, 0.15) is 5.02 Å². The Labute approximate surface area is 128 Å². The van der Waals surface area contributed by atoms with Gasteiger partial charge in [-0.2, -0.15) is 0 Å². The van der Waals surface area contributed by atoms with E-state index in [2.05, 4.69) is 12.2 Å². The monoisotopic (exact) mass is 310 g/mol. The summed E-state index contributed by atoms with van der Waals surface area (Å²) in [5.74, 6) is 0.723. The minimum absolute atomic E-state index is 0.100. The molecule has 0 radical (unpaired) electrons. The van der Waals surface area contributed by atoms with Gasteiger partial charge < -0.3 is 5.32 Å². The molecule has 2 rings (SSSR count). The molecule has 21 heavy (non-hydrogen) atoms. The van der Waals surface area contributed by atoms with Crippen LogP contribution in [0.4, 0.5) is 5.69 Å². The summed E-state index contributed by atoms with van der Waals surface area (Å²) in [4.78, 5) is 22.4. The van der Waals surface area contributed by atoms with Gasteiger partial charge in [-0.05, 0) is 24.3 Å². The molecular weight excluding hydrogens is 292 g/mol. The fraction of sp³-hybridized carbons (Fsp3) is 0.533. The molecule has 114 valence electrons. The largest absolute Gasteiger partial charge is 0.352 e. The zero-order valence-electron chi connectivity index (χ0n) is 12.0. The van der Waals surface area contributed by atoms with Gasteiger partial charge in [-0.15, -0.1) is 0 Å². The molecular formula is C15H19ClN2O3. The maximum Gasteiger partial charge on any atom is 0.288 e. The molecule has 1 amide bonds. The molecule has 1 N–H and O–H groups in total. The van der Waals surface area contributed by atoms with Crippen molar-refractivity contribution < 1.29 is 9.72 Å². The third-order valence-electron chi connectivity index (χ3n) is 4.23. The van der Waals surface area contributed by atoms with E-state index in [9.17, 15) is 14.9 Å². The molecule has 0 spiro atoms. The van der Waals surface area contributed by atoms with E-state index in [1.807, 2.05) is 0 Å². The lowest BCUT2D eigenvalue weighted by atomic mass is 9.80. The Morgan fingerprint density at radius 3 is 2.81 bits per heavy atom. The minimum atomic E-state index is -0.581. The van der Waals surface area contributed by atoms with Crippen LogP contribution in [0.15, 0.2) is 18.2 Å². The van der Waals surface area contributed by atoms with Gasteiger partial charge in [0.05, 0.1) is 10.5 Å². The van der Waals surface area contributed by atoms with Crippen LogP contribution in [0, 0.1) is 22.0 Å². The van der Waals surface area contributed by atoms with E-state index in [1.165, 1.54) is 37.5 Å². The molecule has 1 saturated carbocycles. The summed E-state index contributed by atoms with van der Waals surface area (Å²) in [5, 5.41) is 13.6. The third-order valence-corrected chi connectivity index (χ3v) is 4.63. The summed E-state index contributed by atoms with van der Waals surface area (Å²) >= 11 is 5.95. The van der Waals surface area contributed by atoms with Crippen molar-refractivity contribution in [2.75, 3.05) is 6.54 Å². The van der Waals surface area contributed by atoms with Crippen molar-refractivity contribution in [3.8, 4) is 0 Å². The Morgan fingerprint density at radius 2 is 2.14 bits per heavy atom. The SMILES string of the molecule is CC1CCCCC1CNC(=O)c1cccc([N+](=O)[O-])c1Cl. The number of nitro groups is 1. The number of nitrogens with one attached hydrogen (secondary N) is 1. The van der Waals surface area contributed by atoms with Crippen molar-refractivity contribution in [3.63, 3.8) is 0 Å². The number of carbonyl (C=O) groups is 1. The summed E-state index contributed by atoms with van der Waals surface area (Å²) in [6, 6.07) is 4.28. The minimum Gasteiger partial charge on any atom is -0.352 e. The molecule has 2 atom stereocenters. The van der Waals surface area contributed by atoms with Gasteiger partial charge in [-0.1, -0.05) is 43.9 Å². The highest BCUT2D eigenvalue weighted by Gasteiger charge is 2.23. The van der Waals surface area contributed by atoms with Gasteiger partial charge in [0.2, 0.25) is 0 Å². The lowest BCUT2D eigenvalue weighted by Crippen LogP contribution is -2.33. The summed E-state index contributed by atoms with van der Waals surface area (Å²) in [5.41, 5.74) is -0.0790. The molecule has 0 heterocycles. The molecule has 0 bridgehead atoms. The molecule has 6 heteroatoms. The number of benzene rings is 1. The zero-order valence-corrected chi connectivity index (χ0v) is 12.7. The normalized spacial score (nSPS) is 21.8. The first-order valence-electron chi connectivity index (χ1n) is 7.21. The fourth-order valence-corrected chi connectivity index (χ4v) is 3.13. The van der Waals surface area contributed by atoms with E-state index >= 15 is 0 Å². The van der Waals surface area contributed by atoms with Gasteiger partial charge in [0.15, 0.2) is 0 Å². The molecule has 0 aromatic heterocycles. The van der Waals surface area contributed by atoms with Crippen molar-refractivity contribution in [2.24, 2.45) is 11.8 Å². The van der Waals surface area contributed by atoms with E-state index in [0.717, 1.165) is 6.42 Å². The Morgan fingerprint density at radius 1 is 1.43 bits per heavy atom. The predicted molar refractivity (Wildman–Crippen MR) is 81.6 cm³/mol. The van der Waals surface area contributed by atoms with Crippen molar-refractivity contribution in [1.82, 2.24) is 5.32 Å². The number of nitro benzene ring substituents is 1. The van der Waals surface area contributed by atoms with Gasteiger partial charge in [0, 0.05) is 12.6 Å². The Balaban J connectivity index is 2.03. The van der Waals surface area contributed by atoms with Crippen LogP contribution in [-0.4, -0.2) is 17.4 Å². The lowest BCUT2D eigenvalue weighted by Gasteiger charge is -2.28. The molecule has 1 fully saturated rings. The quantitative estimate of drug-likeness (QED) is 0.679. The maximum atomic E-state index is 12.2. The molecule has 1 aromatic rings. The van der Waals surface area contributed by atoms with Crippen LogP contribution in [0.1, 0.15) is 43.0 Å². The van der Waals surface area contributed by atoms with E-state index in [0.29, 0.717) is 18.4 Å². The first kappa shape index (κ1) is 15.8. The van der Waals surface area contributed by atoms with Crippen LogP contribution in [-0.2, 0) is 0 Å². The smallest absolute Gasteiger partial charge is 0.288 e. The van der Waals surface area contributed by atoms with Gasteiger partial charge >= 0.3 is 0 Å². The van der Waals surface area contributed by atoms with Crippen LogP contribution < -0.4 is 5.32 Å². The number of halogens is 1. The van der Waals surface area contributed by atoms with Crippen molar-refractivity contribution in [1.29, 1.82) is 0 Å². The Hall–Kier alpha value is -1.62. The second kappa shape index (κ2) is 6.89. The van der Waals surface area contributed by atoms with E-state index in [4.69, 9.17) is 11.6 Å². The first-order valence-corrected chi connectivity index (χ1v) is 7.59. The summed E-state index contributed by atoms with van der Waals surface area (Å²) in [7, 11) is 0. The average Bonchev–Trinajstić information content (AvgIpc) is 2.46. The lowest BCUT2D eigenvalue weighted by molar-refractivity contribution is -0.384. The number of rotatable bonds is 4. The number of hydrogen-bond acceptors (Lipinski definition) is 3. The fourth-order valence-electron chi connectivity index (χ4n) is 2.85. The van der Waals surface area contributed by atoms with Gasteiger partial charge in [0.25, 0.3) is 11.6 Å². The predicted octanol–water partition coefficient (Wildman–Crippen LogP) is 3.80. The van der Waals surface area contributed by atoms with Gasteiger partial charge in [-0.3, -0.25) is 14.9 Å². The molecule has 1 aliphatic rings. The second-order valence-electron chi connectivity index (χ2n) is 5.63. The summed E-state index contributed by atoms with van der Waals surface area (Å²) in [6.07, 6.45) is 4.76. The Kier molecular flexibility index (Phi) is 5.17. The topological polar surface area (TPSA) is 72.2 Å². The highest BCUT2D eigenvalue weighted by molar-refractivity contribution is 6.35.